The van der Waals surface area contributed by atoms with Gasteiger partial charge in [0.1, 0.15) is 5.75 Å². The van der Waals surface area contributed by atoms with Crippen LogP contribution >= 0.6 is 0 Å². The number of methoxy groups -OCH3 is 1. The third-order valence-electron chi connectivity index (χ3n) is 3.61. The van der Waals surface area contributed by atoms with Gasteiger partial charge in [-0.2, -0.15) is 0 Å². The smallest absolute Gasteiger partial charge is 0.195 e. The number of nitrogen functional groups attached to an aromatic ring is 1. The Morgan fingerprint density at radius 2 is 1.86 bits per heavy atom. The minimum absolute atomic E-state index is 0.0369. The van der Waals surface area contributed by atoms with Gasteiger partial charge in [-0.1, -0.05) is 6.07 Å². The number of fused-ring (bicyclic) bond motifs is 1. The van der Waals surface area contributed by atoms with Crippen LogP contribution in [-0.2, 0) is 7.05 Å². The van der Waals surface area contributed by atoms with E-state index in [1.807, 2.05) is 36.0 Å². The molecule has 0 spiro atoms. The Morgan fingerprint density at radius 3 is 2.52 bits per heavy atom. The summed E-state index contributed by atoms with van der Waals surface area (Å²) >= 11 is 0. The van der Waals surface area contributed by atoms with E-state index in [0.717, 1.165) is 10.9 Å². The van der Waals surface area contributed by atoms with Gasteiger partial charge in [-0.25, -0.2) is 0 Å². The zero-order chi connectivity index (χ0) is 15.0. The van der Waals surface area contributed by atoms with Crippen LogP contribution in [0.5, 0.6) is 5.75 Å². The summed E-state index contributed by atoms with van der Waals surface area (Å²) in [4.78, 5) is 12.7. The zero-order valence-corrected chi connectivity index (χ0v) is 12.0. The zero-order valence-electron chi connectivity index (χ0n) is 12.0. The minimum Gasteiger partial charge on any atom is -0.496 e. The summed E-state index contributed by atoms with van der Waals surface area (Å²) in [5.41, 5.74) is 8.52. The van der Waals surface area contributed by atoms with Gasteiger partial charge in [0.25, 0.3) is 0 Å². The molecule has 0 amide bonds. The molecule has 3 aromatic rings. The molecule has 4 nitrogen and oxygen atoms in total. The lowest BCUT2D eigenvalue weighted by Crippen LogP contribution is -2.01. The number of ketones is 1. The first-order valence-corrected chi connectivity index (χ1v) is 6.64. The molecule has 21 heavy (non-hydrogen) atoms. The van der Waals surface area contributed by atoms with Crippen molar-refractivity contribution in [1.29, 1.82) is 0 Å². The summed E-state index contributed by atoms with van der Waals surface area (Å²) in [5.74, 6) is 0.664. The van der Waals surface area contributed by atoms with E-state index in [9.17, 15) is 4.79 Å². The molecule has 3 rings (SSSR count). The van der Waals surface area contributed by atoms with Crippen molar-refractivity contribution in [2.45, 2.75) is 0 Å². The Bertz CT molecular complexity index is 817. The molecule has 4 heteroatoms. The molecule has 0 saturated heterocycles. The van der Waals surface area contributed by atoms with Crippen molar-refractivity contribution < 1.29 is 9.53 Å². The summed E-state index contributed by atoms with van der Waals surface area (Å²) in [6.07, 6.45) is 1.84. The second kappa shape index (κ2) is 4.98. The second-order valence-electron chi connectivity index (χ2n) is 4.96. The lowest BCUT2D eigenvalue weighted by molar-refractivity contribution is 0.104. The molecule has 0 aliphatic carbocycles. The third kappa shape index (κ3) is 2.14. The van der Waals surface area contributed by atoms with Crippen LogP contribution in [0, 0.1) is 0 Å². The van der Waals surface area contributed by atoms with Gasteiger partial charge >= 0.3 is 0 Å². The van der Waals surface area contributed by atoms with Gasteiger partial charge in [0, 0.05) is 24.5 Å². The van der Waals surface area contributed by atoms with Crippen LogP contribution in [0.4, 0.5) is 5.69 Å². The van der Waals surface area contributed by atoms with E-state index in [2.05, 4.69) is 0 Å². The Morgan fingerprint density at radius 1 is 1.14 bits per heavy atom. The Balaban J connectivity index is 2.20. The van der Waals surface area contributed by atoms with Crippen molar-refractivity contribution in [1.82, 2.24) is 4.57 Å². The van der Waals surface area contributed by atoms with E-state index in [0.29, 0.717) is 22.6 Å². The predicted octanol–water partition coefficient (Wildman–Crippen LogP) is 3.00. The van der Waals surface area contributed by atoms with Crippen molar-refractivity contribution in [2.24, 2.45) is 7.05 Å². The number of rotatable bonds is 3. The van der Waals surface area contributed by atoms with E-state index in [-0.39, 0.29) is 5.78 Å². The summed E-state index contributed by atoms with van der Waals surface area (Å²) in [6.45, 7) is 0. The van der Waals surface area contributed by atoms with Crippen molar-refractivity contribution in [3.8, 4) is 5.75 Å². The molecule has 0 fully saturated rings. The first-order valence-electron chi connectivity index (χ1n) is 6.64. The SMILES string of the molecule is COc1cccc2c1c(C(=O)c1ccc(N)cc1)cn2C. The number of nitrogens with two attached hydrogens (primary N) is 1. The molecule has 0 aliphatic rings. The van der Waals surface area contributed by atoms with Gasteiger partial charge in [0.15, 0.2) is 5.78 Å². The average Bonchev–Trinajstić information content (AvgIpc) is 2.85. The molecule has 2 aromatic carbocycles. The van der Waals surface area contributed by atoms with E-state index < -0.39 is 0 Å². The highest BCUT2D eigenvalue weighted by molar-refractivity contribution is 6.17. The Hall–Kier alpha value is -2.75. The fourth-order valence-electron chi connectivity index (χ4n) is 2.54. The lowest BCUT2D eigenvalue weighted by atomic mass is 10.0. The van der Waals surface area contributed by atoms with Crippen LogP contribution in [-0.4, -0.2) is 17.5 Å². The highest BCUT2D eigenvalue weighted by atomic mass is 16.5. The number of anilines is 1. The maximum absolute atomic E-state index is 12.7. The number of hydrogen-bond donors (Lipinski definition) is 1. The molecule has 0 unspecified atom stereocenters. The van der Waals surface area contributed by atoms with Crippen molar-refractivity contribution in [2.75, 3.05) is 12.8 Å². The standard InChI is InChI=1S/C17H16N2O2/c1-19-10-13(16-14(19)4-3-5-15(16)21-2)17(20)11-6-8-12(18)9-7-11/h3-10H,18H2,1-2H3. The maximum atomic E-state index is 12.7. The number of hydrogen-bond acceptors (Lipinski definition) is 3. The summed E-state index contributed by atoms with van der Waals surface area (Å²) in [5, 5.41) is 0.837. The van der Waals surface area contributed by atoms with Crippen molar-refractivity contribution in [3.05, 3.63) is 59.8 Å². The highest BCUT2D eigenvalue weighted by Crippen LogP contribution is 2.31. The highest BCUT2D eigenvalue weighted by Gasteiger charge is 2.18. The maximum Gasteiger partial charge on any atom is 0.195 e. The number of benzene rings is 2. The topological polar surface area (TPSA) is 57.2 Å². The van der Waals surface area contributed by atoms with Crippen LogP contribution in [0.25, 0.3) is 10.9 Å². The molecule has 106 valence electrons. The molecule has 2 N–H and O–H groups in total. The molecule has 0 aliphatic heterocycles. The number of carbonyl (C=O) groups is 1. The molecule has 1 heterocycles. The van der Waals surface area contributed by atoms with Crippen molar-refractivity contribution in [3.63, 3.8) is 0 Å². The first-order chi connectivity index (χ1) is 10.1. The van der Waals surface area contributed by atoms with Gasteiger partial charge in [-0.15, -0.1) is 0 Å². The van der Waals surface area contributed by atoms with Gasteiger partial charge < -0.3 is 15.0 Å². The van der Waals surface area contributed by atoms with Crippen LogP contribution in [0.1, 0.15) is 15.9 Å². The van der Waals surface area contributed by atoms with E-state index in [1.54, 1.807) is 31.4 Å². The van der Waals surface area contributed by atoms with Crippen LogP contribution in [0.2, 0.25) is 0 Å². The number of aromatic nitrogens is 1. The summed E-state index contributed by atoms with van der Waals surface area (Å²) in [6, 6.07) is 12.7. The number of carbonyl (C=O) groups excluding carboxylic acids is 1. The molecular formula is C17H16N2O2. The number of ether oxygens (including phenoxy) is 1. The molecule has 0 bridgehead atoms. The summed E-state index contributed by atoms with van der Waals surface area (Å²) in [7, 11) is 3.53. The normalized spacial score (nSPS) is 10.8. The molecule has 0 radical (unpaired) electrons. The monoisotopic (exact) mass is 280 g/mol. The Labute approximate surface area is 122 Å². The van der Waals surface area contributed by atoms with E-state index in [4.69, 9.17) is 10.5 Å². The second-order valence-corrected chi connectivity index (χ2v) is 4.96. The third-order valence-corrected chi connectivity index (χ3v) is 3.61. The first kappa shape index (κ1) is 13.2. The van der Waals surface area contributed by atoms with Crippen LogP contribution < -0.4 is 10.5 Å². The van der Waals surface area contributed by atoms with Gasteiger partial charge in [-0.3, -0.25) is 4.79 Å². The minimum atomic E-state index is -0.0369. The van der Waals surface area contributed by atoms with Gasteiger partial charge in [-0.05, 0) is 36.4 Å². The van der Waals surface area contributed by atoms with Crippen LogP contribution in [0.15, 0.2) is 48.7 Å². The van der Waals surface area contributed by atoms with Crippen LogP contribution in [0.3, 0.4) is 0 Å². The van der Waals surface area contributed by atoms with Gasteiger partial charge in [0.05, 0.1) is 23.6 Å². The molecule has 0 atom stereocenters. The average molecular weight is 280 g/mol. The van der Waals surface area contributed by atoms with Gasteiger partial charge in [0.2, 0.25) is 0 Å². The molecular weight excluding hydrogens is 264 g/mol. The fraction of sp³-hybridized carbons (Fsp3) is 0.118. The van der Waals surface area contributed by atoms with E-state index >= 15 is 0 Å². The number of aryl methyl sites for hydroxylation is 1. The molecule has 1 aromatic heterocycles. The Kier molecular flexibility index (Phi) is 3.14. The predicted molar refractivity (Wildman–Crippen MR) is 83.8 cm³/mol. The van der Waals surface area contributed by atoms with Crippen molar-refractivity contribution >= 4 is 22.4 Å². The molecule has 0 saturated carbocycles. The largest absolute Gasteiger partial charge is 0.496 e. The lowest BCUT2D eigenvalue weighted by Gasteiger charge is -2.05. The number of nitrogens with zero attached hydrogens (tertiary/aromatic N) is 1. The van der Waals surface area contributed by atoms with E-state index in [1.165, 1.54) is 0 Å². The fourth-order valence-corrected chi connectivity index (χ4v) is 2.54. The quantitative estimate of drug-likeness (QED) is 0.592. The summed E-state index contributed by atoms with van der Waals surface area (Å²) < 4.78 is 7.33.